The van der Waals surface area contributed by atoms with Crippen LogP contribution in [0.3, 0.4) is 0 Å². The van der Waals surface area contributed by atoms with Gasteiger partial charge >= 0.3 is 0 Å². The van der Waals surface area contributed by atoms with E-state index < -0.39 is 0 Å². The molecule has 0 aliphatic rings. The second-order valence-corrected chi connectivity index (χ2v) is 7.35. The first-order valence-corrected chi connectivity index (χ1v) is 10.9. The van der Waals surface area contributed by atoms with E-state index in [2.05, 4.69) is 25.7 Å². The standard InChI is InChI=1S/C23H27N7O2/c1-2-32-17-9-15-29-20-13-7-6-12-19(20)24-23(29)25-21(31)14-8-16-30-27-22(26-28-30)18-10-4-3-5-11-18/h3-7,10-13H,2,8-9,14-17H2,1H3,(H,24,25,31). The van der Waals surface area contributed by atoms with Crippen LogP contribution in [0.15, 0.2) is 54.6 Å². The van der Waals surface area contributed by atoms with E-state index in [1.165, 1.54) is 4.80 Å². The molecule has 0 unspecified atom stereocenters. The third kappa shape index (κ3) is 5.36. The number of para-hydroxylation sites is 2. The summed E-state index contributed by atoms with van der Waals surface area (Å²) in [5.74, 6) is 1.06. The summed E-state index contributed by atoms with van der Waals surface area (Å²) in [5.41, 5.74) is 2.78. The van der Waals surface area contributed by atoms with E-state index in [0.717, 1.165) is 29.6 Å². The van der Waals surface area contributed by atoms with Gasteiger partial charge in [0.15, 0.2) is 0 Å². The second kappa shape index (κ2) is 10.6. The van der Waals surface area contributed by atoms with Gasteiger partial charge in [0.25, 0.3) is 0 Å². The Morgan fingerprint density at radius 3 is 2.69 bits per heavy atom. The summed E-state index contributed by atoms with van der Waals surface area (Å²) in [5, 5.41) is 15.5. The summed E-state index contributed by atoms with van der Waals surface area (Å²) < 4.78 is 7.49. The van der Waals surface area contributed by atoms with Crippen LogP contribution in [0.1, 0.15) is 26.2 Å². The Balaban J connectivity index is 1.33. The topological polar surface area (TPSA) is 99.8 Å². The first-order chi connectivity index (χ1) is 15.7. The quantitative estimate of drug-likeness (QED) is 0.363. The van der Waals surface area contributed by atoms with Crippen LogP contribution in [0, 0.1) is 0 Å². The van der Waals surface area contributed by atoms with Crippen LogP contribution in [0.2, 0.25) is 0 Å². The molecule has 0 spiro atoms. The number of amides is 1. The van der Waals surface area contributed by atoms with Gasteiger partial charge in [-0.25, -0.2) is 4.98 Å². The molecule has 0 aliphatic carbocycles. The molecule has 1 amide bonds. The number of carbonyl (C=O) groups excluding carboxylic acids is 1. The van der Waals surface area contributed by atoms with E-state index in [-0.39, 0.29) is 5.91 Å². The molecule has 2 aromatic carbocycles. The lowest BCUT2D eigenvalue weighted by molar-refractivity contribution is -0.116. The number of tetrazole rings is 1. The lowest BCUT2D eigenvalue weighted by Gasteiger charge is -2.10. The van der Waals surface area contributed by atoms with Crippen molar-refractivity contribution in [3.8, 4) is 11.4 Å². The minimum atomic E-state index is -0.0882. The van der Waals surface area contributed by atoms with Crippen molar-refractivity contribution in [2.75, 3.05) is 18.5 Å². The Morgan fingerprint density at radius 2 is 1.84 bits per heavy atom. The molecule has 0 bridgehead atoms. The van der Waals surface area contributed by atoms with Crippen LogP contribution in [0.4, 0.5) is 5.95 Å². The summed E-state index contributed by atoms with van der Waals surface area (Å²) in [6, 6.07) is 17.6. The molecule has 4 aromatic rings. The van der Waals surface area contributed by atoms with Crippen LogP contribution in [-0.2, 0) is 22.6 Å². The lowest BCUT2D eigenvalue weighted by Crippen LogP contribution is -2.17. The van der Waals surface area contributed by atoms with Gasteiger partial charge in [0.05, 0.1) is 17.6 Å². The van der Waals surface area contributed by atoms with Gasteiger partial charge in [0.2, 0.25) is 17.7 Å². The maximum atomic E-state index is 12.6. The van der Waals surface area contributed by atoms with Crippen molar-refractivity contribution in [3.63, 3.8) is 0 Å². The van der Waals surface area contributed by atoms with Gasteiger partial charge in [0, 0.05) is 31.7 Å². The van der Waals surface area contributed by atoms with Crippen LogP contribution in [0.5, 0.6) is 0 Å². The first-order valence-electron chi connectivity index (χ1n) is 10.9. The number of nitrogens with one attached hydrogen (secondary N) is 1. The number of aromatic nitrogens is 6. The molecule has 2 aromatic heterocycles. The Bertz CT molecular complexity index is 1150. The highest BCUT2D eigenvalue weighted by atomic mass is 16.5. The Hall–Kier alpha value is -3.59. The molecule has 9 nitrogen and oxygen atoms in total. The number of hydrogen-bond donors (Lipinski definition) is 1. The normalized spacial score (nSPS) is 11.2. The molecular formula is C23H27N7O2. The Labute approximate surface area is 186 Å². The van der Waals surface area contributed by atoms with Crippen molar-refractivity contribution < 1.29 is 9.53 Å². The van der Waals surface area contributed by atoms with E-state index in [9.17, 15) is 4.79 Å². The molecule has 0 atom stereocenters. The predicted octanol–water partition coefficient (Wildman–Crippen LogP) is 3.54. The average Bonchev–Trinajstić information content (AvgIpc) is 3.42. The second-order valence-electron chi connectivity index (χ2n) is 7.35. The van der Waals surface area contributed by atoms with Gasteiger partial charge in [-0.2, -0.15) is 4.80 Å². The Morgan fingerprint density at radius 1 is 1.03 bits per heavy atom. The lowest BCUT2D eigenvalue weighted by atomic mass is 10.2. The molecule has 0 fully saturated rings. The van der Waals surface area contributed by atoms with Crippen LogP contribution >= 0.6 is 0 Å². The van der Waals surface area contributed by atoms with E-state index in [0.29, 0.717) is 44.4 Å². The summed E-state index contributed by atoms with van der Waals surface area (Å²) in [4.78, 5) is 18.7. The highest BCUT2D eigenvalue weighted by molar-refractivity contribution is 5.91. The number of ether oxygens (including phenoxy) is 1. The molecule has 166 valence electrons. The van der Waals surface area contributed by atoms with Gasteiger partial charge in [-0.1, -0.05) is 42.5 Å². The molecule has 0 aliphatic heterocycles. The zero-order valence-electron chi connectivity index (χ0n) is 18.1. The summed E-state index contributed by atoms with van der Waals surface area (Å²) in [6.45, 7) is 4.59. The number of imidazole rings is 1. The molecule has 2 heterocycles. The molecular weight excluding hydrogens is 406 g/mol. The SMILES string of the molecule is CCOCCCn1c(NC(=O)CCCn2nnc(-c3ccccc3)n2)nc2ccccc21. The number of aryl methyl sites for hydroxylation is 2. The molecule has 0 saturated heterocycles. The molecule has 9 heteroatoms. The third-order valence-electron chi connectivity index (χ3n) is 5.03. The number of anilines is 1. The summed E-state index contributed by atoms with van der Waals surface area (Å²) in [6.07, 6.45) is 1.78. The fourth-order valence-electron chi connectivity index (χ4n) is 3.48. The van der Waals surface area contributed by atoms with Gasteiger partial charge in [-0.3, -0.25) is 10.1 Å². The van der Waals surface area contributed by atoms with Crippen molar-refractivity contribution in [1.82, 2.24) is 29.8 Å². The fourth-order valence-corrected chi connectivity index (χ4v) is 3.48. The largest absolute Gasteiger partial charge is 0.382 e. The maximum Gasteiger partial charge on any atom is 0.226 e. The average molecular weight is 434 g/mol. The number of benzene rings is 2. The number of nitrogens with zero attached hydrogens (tertiary/aromatic N) is 6. The van der Waals surface area contributed by atoms with E-state index in [4.69, 9.17) is 4.74 Å². The Kier molecular flexibility index (Phi) is 7.19. The zero-order chi connectivity index (χ0) is 22.2. The molecule has 0 saturated carbocycles. The smallest absolute Gasteiger partial charge is 0.226 e. The van der Waals surface area contributed by atoms with Crippen LogP contribution in [0.25, 0.3) is 22.4 Å². The summed E-state index contributed by atoms with van der Waals surface area (Å²) in [7, 11) is 0. The first kappa shape index (κ1) is 21.6. The molecule has 0 radical (unpaired) electrons. The van der Waals surface area contributed by atoms with Crippen molar-refractivity contribution in [2.45, 2.75) is 39.3 Å². The van der Waals surface area contributed by atoms with Crippen molar-refractivity contribution in [1.29, 1.82) is 0 Å². The highest BCUT2D eigenvalue weighted by Gasteiger charge is 2.13. The zero-order valence-corrected chi connectivity index (χ0v) is 18.1. The van der Waals surface area contributed by atoms with Gasteiger partial charge in [-0.15, -0.1) is 10.2 Å². The minimum Gasteiger partial charge on any atom is -0.382 e. The number of hydrogen-bond acceptors (Lipinski definition) is 6. The van der Waals surface area contributed by atoms with Gasteiger partial charge in [0.1, 0.15) is 0 Å². The summed E-state index contributed by atoms with van der Waals surface area (Å²) >= 11 is 0. The van der Waals surface area contributed by atoms with Crippen LogP contribution in [-0.4, -0.2) is 48.9 Å². The van der Waals surface area contributed by atoms with Crippen LogP contribution < -0.4 is 5.32 Å². The number of carbonyl (C=O) groups is 1. The van der Waals surface area contributed by atoms with Crippen molar-refractivity contribution >= 4 is 22.9 Å². The monoisotopic (exact) mass is 433 g/mol. The number of fused-ring (bicyclic) bond motifs is 1. The van der Waals surface area contributed by atoms with Crippen molar-refractivity contribution in [2.24, 2.45) is 0 Å². The fraction of sp³-hybridized carbons (Fsp3) is 0.348. The molecule has 1 N–H and O–H groups in total. The third-order valence-corrected chi connectivity index (χ3v) is 5.03. The van der Waals surface area contributed by atoms with Crippen molar-refractivity contribution in [3.05, 3.63) is 54.6 Å². The molecule has 32 heavy (non-hydrogen) atoms. The highest BCUT2D eigenvalue weighted by Crippen LogP contribution is 2.20. The van der Waals surface area contributed by atoms with Gasteiger partial charge < -0.3 is 9.30 Å². The van der Waals surface area contributed by atoms with E-state index >= 15 is 0 Å². The molecule has 4 rings (SSSR count). The maximum absolute atomic E-state index is 12.6. The van der Waals surface area contributed by atoms with Gasteiger partial charge in [-0.05, 0) is 37.1 Å². The minimum absolute atomic E-state index is 0.0882. The van der Waals surface area contributed by atoms with E-state index in [1.807, 2.05) is 66.1 Å². The number of rotatable bonds is 11. The predicted molar refractivity (Wildman–Crippen MR) is 122 cm³/mol. The van der Waals surface area contributed by atoms with E-state index in [1.54, 1.807) is 0 Å².